The van der Waals surface area contributed by atoms with Gasteiger partial charge in [-0.2, -0.15) is 23.4 Å². The molecule has 2 aromatic heterocycles. The summed E-state index contributed by atoms with van der Waals surface area (Å²) in [6.45, 7) is 0.783. The van der Waals surface area contributed by atoms with Crippen LogP contribution >= 0.6 is 0 Å². The molecule has 7 nitrogen and oxygen atoms in total. The van der Waals surface area contributed by atoms with Crippen LogP contribution in [0.5, 0.6) is 0 Å². The molecule has 0 amide bonds. The summed E-state index contributed by atoms with van der Waals surface area (Å²) in [6, 6.07) is 4.90. The quantitative estimate of drug-likeness (QED) is 0.657. The molecule has 0 aliphatic rings. The summed E-state index contributed by atoms with van der Waals surface area (Å²) < 4.78 is 39.2. The fourth-order valence-electron chi connectivity index (χ4n) is 1.92. The summed E-state index contributed by atoms with van der Waals surface area (Å²) in [5.41, 5.74) is 5.10. The van der Waals surface area contributed by atoms with Gasteiger partial charge in [0.2, 0.25) is 5.95 Å². The van der Waals surface area contributed by atoms with Crippen LogP contribution in [0.1, 0.15) is 24.1 Å². The Morgan fingerprint density at radius 2 is 1.96 bits per heavy atom. The van der Waals surface area contributed by atoms with Crippen LogP contribution in [0.4, 0.5) is 30.6 Å². The van der Waals surface area contributed by atoms with Crippen molar-refractivity contribution in [3.05, 3.63) is 35.8 Å². The normalized spacial score (nSPS) is 11.0. The first kappa shape index (κ1) is 18.4. The Kier molecular flexibility index (Phi) is 6.08. The lowest BCUT2D eigenvalue weighted by Crippen LogP contribution is -2.15. The first-order valence-electron chi connectivity index (χ1n) is 7.45. The number of nitrogens with zero attached hydrogens (tertiary/aromatic N) is 4. The second-order valence-corrected chi connectivity index (χ2v) is 5.05. The second-order valence-electron chi connectivity index (χ2n) is 5.05. The molecule has 0 radical (unpaired) electrons. The molecule has 10 heteroatoms. The number of hydrogen-bond donors (Lipinski definition) is 3. The molecule has 25 heavy (non-hydrogen) atoms. The molecule has 2 heterocycles. The van der Waals surface area contributed by atoms with Gasteiger partial charge in [0.05, 0.1) is 11.9 Å². The van der Waals surface area contributed by atoms with Crippen molar-refractivity contribution in [1.82, 2.24) is 15.0 Å². The standard InChI is InChI=1S/C15H16F3N7/c16-15(17,18)12-9-23-14(25-13(12)21-6-2-1-5-19)24-11-4-3-10(7-20)22-8-11/h3-4,8-9H,1-2,5-6,19H2,(H2,21,23,24,25). The van der Waals surface area contributed by atoms with Crippen molar-refractivity contribution < 1.29 is 13.2 Å². The highest BCUT2D eigenvalue weighted by Gasteiger charge is 2.35. The van der Waals surface area contributed by atoms with Crippen molar-refractivity contribution in [3.8, 4) is 6.07 Å². The van der Waals surface area contributed by atoms with Gasteiger partial charge in [-0.05, 0) is 31.5 Å². The van der Waals surface area contributed by atoms with E-state index in [0.29, 0.717) is 31.6 Å². The number of aromatic nitrogens is 3. The number of nitriles is 1. The van der Waals surface area contributed by atoms with Gasteiger partial charge in [-0.25, -0.2) is 9.97 Å². The molecule has 0 saturated heterocycles. The molecule has 0 unspecified atom stereocenters. The Bertz CT molecular complexity index is 738. The maximum atomic E-state index is 13.1. The molecule has 2 rings (SSSR count). The lowest BCUT2D eigenvalue weighted by Gasteiger charge is -2.14. The summed E-state index contributed by atoms with van der Waals surface area (Å²) in [6.07, 6.45) is -1.15. The van der Waals surface area contributed by atoms with Gasteiger partial charge < -0.3 is 16.4 Å². The minimum Gasteiger partial charge on any atom is -0.369 e. The first-order valence-corrected chi connectivity index (χ1v) is 7.45. The predicted octanol–water partition coefficient (Wildman–Crippen LogP) is 2.66. The Labute approximate surface area is 142 Å². The average Bonchev–Trinajstić information content (AvgIpc) is 2.58. The van der Waals surface area contributed by atoms with E-state index in [4.69, 9.17) is 11.0 Å². The van der Waals surface area contributed by atoms with E-state index in [1.807, 2.05) is 6.07 Å². The molecule has 2 aromatic rings. The number of pyridine rings is 1. The van der Waals surface area contributed by atoms with E-state index in [0.717, 1.165) is 6.20 Å². The van der Waals surface area contributed by atoms with Gasteiger partial charge in [-0.1, -0.05) is 0 Å². The van der Waals surface area contributed by atoms with Gasteiger partial charge in [0.15, 0.2) is 0 Å². The van der Waals surface area contributed by atoms with E-state index in [9.17, 15) is 13.2 Å². The van der Waals surface area contributed by atoms with Crippen LogP contribution < -0.4 is 16.4 Å². The highest BCUT2D eigenvalue weighted by atomic mass is 19.4. The van der Waals surface area contributed by atoms with Crippen LogP contribution in [-0.4, -0.2) is 28.0 Å². The van der Waals surface area contributed by atoms with Gasteiger partial charge in [0.25, 0.3) is 0 Å². The Hall–Kier alpha value is -2.93. The molecule has 0 bridgehead atoms. The zero-order valence-electron chi connectivity index (χ0n) is 13.1. The average molecular weight is 351 g/mol. The largest absolute Gasteiger partial charge is 0.421 e. The lowest BCUT2D eigenvalue weighted by atomic mass is 10.2. The topological polar surface area (TPSA) is 113 Å². The van der Waals surface area contributed by atoms with Crippen LogP contribution in [0.3, 0.4) is 0 Å². The maximum absolute atomic E-state index is 13.1. The number of nitrogens with one attached hydrogen (secondary N) is 2. The summed E-state index contributed by atoms with van der Waals surface area (Å²) in [5, 5.41) is 14.1. The maximum Gasteiger partial charge on any atom is 0.421 e. The van der Waals surface area contributed by atoms with E-state index in [1.165, 1.54) is 12.3 Å². The summed E-state index contributed by atoms with van der Waals surface area (Å²) in [5.74, 6) is -0.315. The highest BCUT2D eigenvalue weighted by Crippen LogP contribution is 2.34. The number of halogens is 3. The summed E-state index contributed by atoms with van der Waals surface area (Å²) in [4.78, 5) is 11.4. The molecular formula is C15H16F3N7. The van der Waals surface area contributed by atoms with Gasteiger partial charge in [-0.3, -0.25) is 0 Å². The molecule has 0 atom stereocenters. The SMILES string of the molecule is N#Cc1ccc(Nc2ncc(C(F)(F)F)c(NCCCCN)n2)cn1. The molecular weight excluding hydrogens is 335 g/mol. The Morgan fingerprint density at radius 3 is 2.56 bits per heavy atom. The molecule has 0 aliphatic heterocycles. The van der Waals surface area contributed by atoms with Crippen LogP contribution in [-0.2, 0) is 6.18 Å². The molecule has 0 aliphatic carbocycles. The van der Waals surface area contributed by atoms with Gasteiger partial charge in [-0.15, -0.1) is 0 Å². The molecule has 0 aromatic carbocycles. The molecule has 0 fully saturated rings. The Balaban J connectivity index is 2.19. The number of rotatable bonds is 7. The van der Waals surface area contributed by atoms with Crippen molar-refractivity contribution >= 4 is 17.5 Å². The fraction of sp³-hybridized carbons (Fsp3) is 0.333. The van der Waals surface area contributed by atoms with E-state index in [2.05, 4.69) is 25.6 Å². The van der Waals surface area contributed by atoms with Crippen LogP contribution in [0.25, 0.3) is 0 Å². The zero-order chi connectivity index (χ0) is 18.3. The van der Waals surface area contributed by atoms with Crippen molar-refractivity contribution in [2.45, 2.75) is 19.0 Å². The fourth-order valence-corrected chi connectivity index (χ4v) is 1.92. The number of alkyl halides is 3. The Morgan fingerprint density at radius 1 is 1.16 bits per heavy atom. The van der Waals surface area contributed by atoms with E-state index < -0.39 is 11.7 Å². The van der Waals surface area contributed by atoms with Crippen molar-refractivity contribution in [2.75, 3.05) is 23.7 Å². The van der Waals surface area contributed by atoms with Crippen molar-refractivity contribution in [2.24, 2.45) is 5.73 Å². The summed E-state index contributed by atoms with van der Waals surface area (Å²) >= 11 is 0. The molecule has 132 valence electrons. The second kappa shape index (κ2) is 8.25. The van der Waals surface area contributed by atoms with Crippen molar-refractivity contribution in [1.29, 1.82) is 5.26 Å². The number of hydrogen-bond acceptors (Lipinski definition) is 7. The van der Waals surface area contributed by atoms with E-state index >= 15 is 0 Å². The van der Waals surface area contributed by atoms with Crippen LogP contribution in [0, 0.1) is 11.3 Å². The van der Waals surface area contributed by atoms with Crippen LogP contribution in [0.15, 0.2) is 24.5 Å². The van der Waals surface area contributed by atoms with Gasteiger partial charge >= 0.3 is 6.18 Å². The third-order valence-corrected chi connectivity index (χ3v) is 3.15. The smallest absolute Gasteiger partial charge is 0.369 e. The van der Waals surface area contributed by atoms with Gasteiger partial charge in [0, 0.05) is 12.7 Å². The molecule has 0 saturated carbocycles. The number of anilines is 3. The van der Waals surface area contributed by atoms with Crippen molar-refractivity contribution in [3.63, 3.8) is 0 Å². The molecule has 4 N–H and O–H groups in total. The lowest BCUT2D eigenvalue weighted by molar-refractivity contribution is -0.137. The third kappa shape index (κ3) is 5.29. The predicted molar refractivity (Wildman–Crippen MR) is 86.0 cm³/mol. The number of nitrogens with two attached hydrogens (primary N) is 1. The van der Waals surface area contributed by atoms with E-state index in [-0.39, 0.29) is 17.5 Å². The zero-order valence-corrected chi connectivity index (χ0v) is 13.1. The highest BCUT2D eigenvalue weighted by molar-refractivity contribution is 5.56. The summed E-state index contributed by atoms with van der Waals surface area (Å²) in [7, 11) is 0. The first-order chi connectivity index (χ1) is 11.9. The monoisotopic (exact) mass is 351 g/mol. The minimum absolute atomic E-state index is 0.0131. The van der Waals surface area contributed by atoms with Gasteiger partial charge in [0.1, 0.15) is 23.1 Å². The van der Waals surface area contributed by atoms with Crippen LogP contribution in [0.2, 0.25) is 0 Å². The minimum atomic E-state index is -4.56. The van der Waals surface area contributed by atoms with E-state index in [1.54, 1.807) is 6.07 Å². The third-order valence-electron chi connectivity index (χ3n) is 3.15. The number of unbranched alkanes of at least 4 members (excludes halogenated alkanes) is 1. The molecule has 0 spiro atoms.